The Hall–Kier alpha value is 0.628. The summed E-state index contributed by atoms with van der Waals surface area (Å²) >= 11 is 0. The second-order valence-electron chi connectivity index (χ2n) is 5.67. The highest BCUT2D eigenvalue weighted by Crippen LogP contribution is 2.22. The molecule has 0 rings (SSSR count). The van der Waals surface area contributed by atoms with Crippen LogP contribution >= 0.6 is 0 Å². The maximum absolute atomic E-state index is 9.84. The quantitative estimate of drug-likeness (QED) is 0.686. The minimum absolute atomic E-state index is 1.50. The summed E-state index contributed by atoms with van der Waals surface area (Å²) in [5.74, 6) is 0. The molecule has 1 atom stereocenters. The Morgan fingerprint density at radius 3 is 1.33 bits per heavy atom. The van der Waals surface area contributed by atoms with E-state index in [1.165, 1.54) is 7.11 Å². The van der Waals surface area contributed by atoms with E-state index in [9.17, 15) is 9.59 Å². The van der Waals surface area contributed by atoms with Crippen molar-refractivity contribution in [2.45, 2.75) is 45.8 Å². The van der Waals surface area contributed by atoms with Gasteiger partial charge in [-0.05, 0) is 39.3 Å². The standard InChI is InChI=1S/C8H26O6Si4/c1-11-18(8,13-16(4,5)10)14-17(6,7)12-15(2,3)9/h9-10H,1-8H3. The van der Waals surface area contributed by atoms with Crippen LogP contribution in [-0.4, -0.2) is 51.2 Å². The molecule has 0 aliphatic carbocycles. The molecular formula is C8H26O6Si4. The van der Waals surface area contributed by atoms with E-state index in [1.54, 1.807) is 32.7 Å². The Kier molecular flexibility index (Phi) is 6.15. The van der Waals surface area contributed by atoms with E-state index >= 15 is 0 Å². The molecule has 0 amide bonds. The summed E-state index contributed by atoms with van der Waals surface area (Å²) < 4.78 is 22.5. The lowest BCUT2D eigenvalue weighted by atomic mass is 11.8. The van der Waals surface area contributed by atoms with Gasteiger partial charge in [-0.3, -0.25) is 0 Å². The molecule has 0 spiro atoms. The van der Waals surface area contributed by atoms with E-state index in [0.29, 0.717) is 0 Å². The first-order valence-corrected chi connectivity index (χ1v) is 16.5. The van der Waals surface area contributed by atoms with E-state index in [2.05, 4.69) is 0 Å². The van der Waals surface area contributed by atoms with Crippen molar-refractivity contribution in [2.24, 2.45) is 0 Å². The minimum Gasteiger partial charge on any atom is -0.415 e. The van der Waals surface area contributed by atoms with Crippen molar-refractivity contribution in [3.63, 3.8) is 0 Å². The number of hydrogen-bond donors (Lipinski definition) is 2. The fourth-order valence-corrected chi connectivity index (χ4v) is 15.4. The Labute approximate surface area is 114 Å². The van der Waals surface area contributed by atoms with Gasteiger partial charge in [0.2, 0.25) is 0 Å². The summed E-state index contributed by atoms with van der Waals surface area (Å²) in [6.07, 6.45) is 0. The monoisotopic (exact) mass is 330 g/mol. The van der Waals surface area contributed by atoms with Crippen LogP contribution in [0.5, 0.6) is 0 Å². The Bertz CT molecular complexity index is 274. The summed E-state index contributed by atoms with van der Waals surface area (Å²) in [7, 11) is -9.41. The first-order valence-electron chi connectivity index (χ1n) is 5.78. The maximum Gasteiger partial charge on any atom is 0.479 e. The molecule has 0 aliphatic heterocycles. The van der Waals surface area contributed by atoms with Gasteiger partial charge in [-0.25, -0.2) is 0 Å². The molecular weight excluding hydrogens is 304 g/mol. The van der Waals surface area contributed by atoms with Gasteiger partial charge in [0.05, 0.1) is 0 Å². The molecule has 0 saturated heterocycles. The van der Waals surface area contributed by atoms with Crippen LogP contribution in [0.25, 0.3) is 0 Å². The molecule has 0 fully saturated rings. The van der Waals surface area contributed by atoms with Crippen LogP contribution in [0.2, 0.25) is 45.8 Å². The van der Waals surface area contributed by atoms with Gasteiger partial charge in [0.1, 0.15) is 0 Å². The first kappa shape index (κ1) is 18.6. The largest absolute Gasteiger partial charge is 0.479 e. The number of rotatable bonds is 7. The third-order valence-electron chi connectivity index (χ3n) is 1.73. The van der Waals surface area contributed by atoms with Gasteiger partial charge < -0.3 is 26.4 Å². The highest BCUT2D eigenvalue weighted by Gasteiger charge is 2.47. The molecule has 10 heteroatoms. The molecule has 0 radical (unpaired) electrons. The van der Waals surface area contributed by atoms with Crippen LogP contribution in [-0.2, 0) is 16.8 Å². The summed E-state index contributed by atoms with van der Waals surface area (Å²) in [6.45, 7) is 12.1. The van der Waals surface area contributed by atoms with Crippen LogP contribution in [0.15, 0.2) is 0 Å². The Morgan fingerprint density at radius 2 is 1.06 bits per heavy atom. The molecule has 0 aromatic heterocycles. The van der Waals surface area contributed by atoms with Gasteiger partial charge in [0, 0.05) is 13.7 Å². The lowest BCUT2D eigenvalue weighted by Crippen LogP contribution is -2.59. The second kappa shape index (κ2) is 5.95. The van der Waals surface area contributed by atoms with Crippen molar-refractivity contribution in [3.05, 3.63) is 0 Å². The molecule has 110 valence electrons. The van der Waals surface area contributed by atoms with E-state index in [0.717, 1.165) is 0 Å². The zero-order valence-corrected chi connectivity index (χ0v) is 16.5. The first-order chi connectivity index (χ1) is 7.68. The van der Waals surface area contributed by atoms with Crippen LogP contribution in [0.1, 0.15) is 0 Å². The smallest absolute Gasteiger partial charge is 0.415 e. The predicted octanol–water partition coefficient (Wildman–Crippen LogP) is 1.34. The average molecular weight is 331 g/mol. The van der Waals surface area contributed by atoms with Crippen molar-refractivity contribution in [3.8, 4) is 0 Å². The molecule has 6 nitrogen and oxygen atoms in total. The molecule has 0 aromatic carbocycles. The van der Waals surface area contributed by atoms with Crippen molar-refractivity contribution in [1.82, 2.24) is 0 Å². The van der Waals surface area contributed by atoms with E-state index < -0.39 is 34.5 Å². The zero-order chi connectivity index (χ0) is 14.8. The highest BCUT2D eigenvalue weighted by atomic mass is 28.5. The van der Waals surface area contributed by atoms with Crippen molar-refractivity contribution >= 4 is 34.5 Å². The molecule has 0 saturated carbocycles. The summed E-state index contributed by atoms with van der Waals surface area (Å²) in [5.41, 5.74) is 0. The van der Waals surface area contributed by atoms with Crippen LogP contribution in [0.4, 0.5) is 0 Å². The van der Waals surface area contributed by atoms with Crippen molar-refractivity contribution in [2.75, 3.05) is 7.11 Å². The van der Waals surface area contributed by atoms with E-state index in [-0.39, 0.29) is 0 Å². The average Bonchev–Trinajstić information content (AvgIpc) is 1.93. The highest BCUT2D eigenvalue weighted by molar-refractivity contribution is 6.85. The van der Waals surface area contributed by atoms with Crippen molar-refractivity contribution < 1.29 is 26.4 Å². The lowest BCUT2D eigenvalue weighted by molar-refractivity contribution is 0.171. The molecule has 2 N–H and O–H groups in total. The normalized spacial score (nSPS) is 17.7. The van der Waals surface area contributed by atoms with Crippen LogP contribution in [0.3, 0.4) is 0 Å². The molecule has 0 bridgehead atoms. The van der Waals surface area contributed by atoms with E-state index in [1.807, 2.05) is 13.1 Å². The summed E-state index contributed by atoms with van der Waals surface area (Å²) in [4.78, 5) is 19.7. The topological polar surface area (TPSA) is 77.4 Å². The fourth-order valence-electron chi connectivity index (χ4n) is 1.63. The third kappa shape index (κ3) is 8.68. The minimum atomic E-state index is -2.93. The third-order valence-corrected chi connectivity index (χ3v) is 13.4. The van der Waals surface area contributed by atoms with Gasteiger partial charge in [-0.1, -0.05) is 0 Å². The SMILES string of the molecule is CO[Si](C)(O[Si](C)(C)O)O[Si](C)(C)O[Si](C)(C)O. The van der Waals surface area contributed by atoms with Gasteiger partial charge in [0.25, 0.3) is 0 Å². The zero-order valence-electron chi connectivity index (χ0n) is 12.5. The maximum atomic E-state index is 9.84. The van der Waals surface area contributed by atoms with Gasteiger partial charge in [-0.2, -0.15) is 0 Å². The van der Waals surface area contributed by atoms with E-state index in [4.69, 9.17) is 16.8 Å². The molecule has 1 unspecified atom stereocenters. The fraction of sp³-hybridized carbons (Fsp3) is 1.00. The molecule has 0 aliphatic rings. The Balaban J connectivity index is 4.80. The molecule has 0 aromatic rings. The van der Waals surface area contributed by atoms with Gasteiger partial charge in [0.15, 0.2) is 0 Å². The summed E-state index contributed by atoms with van der Waals surface area (Å²) in [6, 6.07) is 0. The van der Waals surface area contributed by atoms with Gasteiger partial charge in [-0.15, -0.1) is 0 Å². The molecule has 0 heterocycles. The van der Waals surface area contributed by atoms with Crippen LogP contribution in [0, 0.1) is 0 Å². The second-order valence-corrected chi connectivity index (χ2v) is 18.8. The summed E-state index contributed by atoms with van der Waals surface area (Å²) in [5, 5.41) is 0. The van der Waals surface area contributed by atoms with Gasteiger partial charge >= 0.3 is 34.5 Å². The number of hydrogen-bond acceptors (Lipinski definition) is 6. The lowest BCUT2D eigenvalue weighted by Gasteiger charge is -2.37. The van der Waals surface area contributed by atoms with Crippen LogP contribution < -0.4 is 0 Å². The Morgan fingerprint density at radius 1 is 0.667 bits per heavy atom. The predicted molar refractivity (Wildman–Crippen MR) is 78.8 cm³/mol. The molecule has 18 heavy (non-hydrogen) atoms. The van der Waals surface area contributed by atoms with Crippen molar-refractivity contribution in [1.29, 1.82) is 0 Å².